The summed E-state index contributed by atoms with van der Waals surface area (Å²) in [5.74, 6) is 0.153. The van der Waals surface area contributed by atoms with Crippen molar-refractivity contribution in [2.45, 2.75) is 31.5 Å². The van der Waals surface area contributed by atoms with Crippen molar-refractivity contribution in [1.29, 1.82) is 0 Å². The molecule has 1 aliphatic carbocycles. The van der Waals surface area contributed by atoms with Gasteiger partial charge in [-0.1, -0.05) is 23.7 Å². The number of hydrogen-bond acceptors (Lipinski definition) is 4. The first-order chi connectivity index (χ1) is 15.7. The molecule has 0 bridgehead atoms. The number of benzene rings is 2. The highest BCUT2D eigenvalue weighted by Gasteiger charge is 2.33. The number of fused-ring (bicyclic) bond motifs is 1. The molecule has 1 aromatic heterocycles. The summed E-state index contributed by atoms with van der Waals surface area (Å²) < 4.78 is 45.4. The maximum Gasteiger partial charge on any atom is 0.433 e. The Morgan fingerprint density at radius 2 is 1.97 bits per heavy atom. The molecule has 1 heterocycles. The Kier molecular flexibility index (Phi) is 6.47. The van der Waals surface area contributed by atoms with Gasteiger partial charge in [0.1, 0.15) is 11.4 Å². The van der Waals surface area contributed by atoms with Crippen LogP contribution in [0.15, 0.2) is 60.3 Å². The van der Waals surface area contributed by atoms with Gasteiger partial charge < -0.3 is 15.4 Å². The molecule has 0 fully saturated rings. The summed E-state index contributed by atoms with van der Waals surface area (Å²) in [6, 6.07) is 12.2. The van der Waals surface area contributed by atoms with E-state index in [0.717, 1.165) is 12.5 Å². The van der Waals surface area contributed by atoms with Gasteiger partial charge in [-0.15, -0.1) is 0 Å². The average Bonchev–Trinajstić information content (AvgIpc) is 2.78. The molecular weight excluding hydrogens is 455 g/mol. The molecule has 2 N–H and O–H groups in total. The second kappa shape index (κ2) is 9.31. The summed E-state index contributed by atoms with van der Waals surface area (Å²) in [6.45, 7) is 0. The van der Waals surface area contributed by atoms with Crippen molar-refractivity contribution in [3.05, 3.63) is 76.6 Å². The minimum absolute atomic E-state index is 0.196. The molecule has 0 radical (unpaired) electrons. The molecule has 2 aromatic carbocycles. The lowest BCUT2D eigenvalue weighted by Gasteiger charge is -2.25. The van der Waals surface area contributed by atoms with Crippen molar-refractivity contribution >= 4 is 34.1 Å². The maximum absolute atomic E-state index is 13.4. The Hall–Kier alpha value is -3.26. The molecular formula is C24H21ClF3N3O2. The van der Waals surface area contributed by atoms with Crippen LogP contribution in [0.1, 0.15) is 35.3 Å². The number of aromatic nitrogens is 1. The highest BCUT2D eigenvalue weighted by Crippen LogP contribution is 2.35. The van der Waals surface area contributed by atoms with Gasteiger partial charge >= 0.3 is 6.18 Å². The first kappa shape index (κ1) is 22.9. The van der Waals surface area contributed by atoms with Gasteiger partial charge in [-0.2, -0.15) is 13.2 Å². The van der Waals surface area contributed by atoms with Crippen LogP contribution in [-0.2, 0) is 6.18 Å². The number of nitrogens with one attached hydrogen (secondary N) is 2. The van der Waals surface area contributed by atoms with Gasteiger partial charge in [0.05, 0.1) is 18.2 Å². The number of allylic oxidation sites excluding steroid dienone is 1. The highest BCUT2D eigenvalue weighted by molar-refractivity contribution is 6.31. The second-order valence-corrected chi connectivity index (χ2v) is 8.14. The third-order valence-corrected chi connectivity index (χ3v) is 5.63. The number of halogens is 4. The van der Waals surface area contributed by atoms with Crippen LogP contribution in [0, 0.1) is 0 Å². The molecule has 1 aliphatic rings. The van der Waals surface area contributed by atoms with E-state index >= 15 is 0 Å². The van der Waals surface area contributed by atoms with Crippen LogP contribution in [-0.4, -0.2) is 24.0 Å². The number of pyridine rings is 1. The maximum atomic E-state index is 13.4. The van der Waals surface area contributed by atoms with E-state index in [2.05, 4.69) is 15.6 Å². The van der Waals surface area contributed by atoms with Crippen LogP contribution in [0.4, 0.5) is 18.9 Å². The molecule has 3 aromatic rings. The zero-order valence-corrected chi connectivity index (χ0v) is 18.4. The lowest BCUT2D eigenvalue weighted by molar-refractivity contribution is -0.140. The van der Waals surface area contributed by atoms with Gasteiger partial charge in [0.25, 0.3) is 5.91 Å². The fourth-order valence-corrected chi connectivity index (χ4v) is 4.02. The summed E-state index contributed by atoms with van der Waals surface area (Å²) in [6.07, 6.45) is -0.650. The Bertz CT molecular complexity index is 1230. The summed E-state index contributed by atoms with van der Waals surface area (Å²) in [5.41, 5.74) is 0.599. The average molecular weight is 476 g/mol. The standard InChI is InChI=1S/C24H21ClF3N3O2/c1-33-21-8-3-2-7-17(21)23(32)30-16-6-4-5-15(12-16)29-20-13-22(24(26,27)28)31-19-10-9-14(25)11-18(19)20/h2-3,7-13,15H,4-6H2,1H3,(H,29,31)(H,30,32)/t15-/m0/s1. The lowest BCUT2D eigenvalue weighted by atomic mass is 9.98. The molecule has 9 heteroatoms. The molecule has 1 amide bonds. The van der Waals surface area contributed by atoms with Crippen molar-refractivity contribution < 1.29 is 22.7 Å². The van der Waals surface area contributed by atoms with Crippen molar-refractivity contribution in [3.8, 4) is 5.75 Å². The monoisotopic (exact) mass is 475 g/mol. The fourth-order valence-electron chi connectivity index (χ4n) is 3.85. The normalized spacial score (nSPS) is 16.3. The Morgan fingerprint density at radius 1 is 1.18 bits per heavy atom. The third kappa shape index (κ3) is 5.22. The van der Waals surface area contributed by atoms with Crippen LogP contribution < -0.4 is 15.4 Å². The molecule has 0 unspecified atom stereocenters. The molecule has 0 aliphatic heterocycles. The molecule has 5 nitrogen and oxygen atoms in total. The first-order valence-electron chi connectivity index (χ1n) is 10.3. The van der Waals surface area contributed by atoms with E-state index in [0.29, 0.717) is 40.3 Å². The second-order valence-electron chi connectivity index (χ2n) is 7.70. The summed E-state index contributed by atoms with van der Waals surface area (Å²) >= 11 is 6.08. The number of nitrogens with zero attached hydrogens (tertiary/aromatic N) is 1. The number of hydrogen-bond donors (Lipinski definition) is 2. The van der Waals surface area contributed by atoms with Crippen molar-refractivity contribution in [1.82, 2.24) is 10.3 Å². The van der Waals surface area contributed by atoms with Gasteiger partial charge in [0.2, 0.25) is 0 Å². The minimum atomic E-state index is -4.58. The number of para-hydroxylation sites is 1. The fraction of sp³-hybridized carbons (Fsp3) is 0.250. The van der Waals surface area contributed by atoms with E-state index in [-0.39, 0.29) is 23.2 Å². The third-order valence-electron chi connectivity index (χ3n) is 5.39. The molecule has 4 rings (SSSR count). The number of alkyl halides is 3. The van der Waals surface area contributed by atoms with E-state index in [1.54, 1.807) is 30.3 Å². The van der Waals surface area contributed by atoms with Crippen LogP contribution in [0.25, 0.3) is 10.9 Å². The lowest BCUT2D eigenvalue weighted by Crippen LogP contribution is -2.29. The zero-order valence-electron chi connectivity index (χ0n) is 17.7. The Labute approximate surface area is 193 Å². The summed E-state index contributed by atoms with van der Waals surface area (Å²) in [4.78, 5) is 16.5. The van der Waals surface area contributed by atoms with Gasteiger partial charge in [0.15, 0.2) is 0 Å². The number of ether oxygens (including phenoxy) is 1. The number of rotatable bonds is 5. The largest absolute Gasteiger partial charge is 0.496 e. The molecule has 0 saturated heterocycles. The number of carbonyl (C=O) groups excluding carboxylic acids is 1. The van der Waals surface area contributed by atoms with E-state index in [1.165, 1.54) is 19.2 Å². The molecule has 172 valence electrons. The van der Waals surface area contributed by atoms with Gasteiger partial charge in [-0.3, -0.25) is 4.79 Å². The minimum Gasteiger partial charge on any atom is -0.496 e. The predicted octanol–water partition coefficient (Wildman–Crippen LogP) is 6.19. The van der Waals surface area contributed by atoms with E-state index in [9.17, 15) is 18.0 Å². The van der Waals surface area contributed by atoms with Crippen LogP contribution in [0.3, 0.4) is 0 Å². The topological polar surface area (TPSA) is 63.2 Å². The van der Waals surface area contributed by atoms with Crippen LogP contribution in [0.2, 0.25) is 5.02 Å². The smallest absolute Gasteiger partial charge is 0.433 e. The van der Waals surface area contributed by atoms with Crippen molar-refractivity contribution in [3.63, 3.8) is 0 Å². The Morgan fingerprint density at radius 3 is 2.73 bits per heavy atom. The SMILES string of the molecule is COc1ccccc1C(=O)NC1=C[C@@H](Nc2cc(C(F)(F)F)nc3ccc(Cl)cc23)CCC1. The zero-order chi connectivity index (χ0) is 23.6. The highest BCUT2D eigenvalue weighted by atomic mass is 35.5. The molecule has 33 heavy (non-hydrogen) atoms. The number of methoxy groups -OCH3 is 1. The van der Waals surface area contributed by atoms with Crippen LogP contribution in [0.5, 0.6) is 5.75 Å². The van der Waals surface area contributed by atoms with Gasteiger partial charge in [-0.25, -0.2) is 4.98 Å². The van der Waals surface area contributed by atoms with Gasteiger partial charge in [-0.05, 0) is 61.7 Å². The number of anilines is 1. The quantitative estimate of drug-likeness (QED) is 0.461. The first-order valence-corrected chi connectivity index (χ1v) is 10.7. The number of carbonyl (C=O) groups is 1. The van der Waals surface area contributed by atoms with Crippen LogP contribution >= 0.6 is 11.6 Å². The van der Waals surface area contributed by atoms with Crippen molar-refractivity contribution in [2.24, 2.45) is 0 Å². The van der Waals surface area contributed by atoms with Crippen molar-refractivity contribution in [2.75, 3.05) is 12.4 Å². The van der Waals surface area contributed by atoms with E-state index in [4.69, 9.17) is 16.3 Å². The van der Waals surface area contributed by atoms with E-state index < -0.39 is 11.9 Å². The van der Waals surface area contributed by atoms with E-state index in [1.807, 2.05) is 6.08 Å². The molecule has 1 atom stereocenters. The molecule has 0 spiro atoms. The predicted molar refractivity (Wildman–Crippen MR) is 122 cm³/mol. The molecule has 0 saturated carbocycles. The number of amides is 1. The van der Waals surface area contributed by atoms with Gasteiger partial charge in [0, 0.05) is 27.8 Å². The summed E-state index contributed by atoms with van der Waals surface area (Å²) in [5, 5.41) is 6.97. The summed E-state index contributed by atoms with van der Waals surface area (Å²) in [7, 11) is 1.49. The Balaban J connectivity index is 1.61.